The first-order chi connectivity index (χ1) is 9.71. The minimum Gasteiger partial charge on any atom is -0.469 e. The third-order valence-corrected chi connectivity index (χ3v) is 2.71. The van der Waals surface area contributed by atoms with Crippen molar-refractivity contribution in [3.63, 3.8) is 0 Å². The maximum absolute atomic E-state index is 5.30. The largest absolute Gasteiger partial charge is 0.469 e. The number of hydrogen-bond acceptors (Lipinski definition) is 8. The lowest BCUT2D eigenvalue weighted by atomic mass is 10.1. The zero-order valence-electron chi connectivity index (χ0n) is 11.5. The lowest BCUT2D eigenvalue weighted by molar-refractivity contribution is 0.379. The second kappa shape index (κ2) is 6.71. The van der Waals surface area contributed by atoms with Crippen LogP contribution in [-0.4, -0.2) is 28.1 Å². The van der Waals surface area contributed by atoms with Crippen molar-refractivity contribution >= 4 is 11.9 Å². The van der Waals surface area contributed by atoms with E-state index < -0.39 is 0 Å². The third kappa shape index (κ3) is 3.82. The lowest BCUT2D eigenvalue weighted by Gasteiger charge is -2.13. The highest BCUT2D eigenvalue weighted by atomic mass is 16.5. The summed E-state index contributed by atoms with van der Waals surface area (Å²) in [5, 5.41) is 3.17. The molecule has 2 aromatic rings. The Kier molecular flexibility index (Phi) is 4.72. The summed E-state index contributed by atoms with van der Waals surface area (Å²) in [6, 6.07) is 4.20. The van der Waals surface area contributed by atoms with E-state index in [9.17, 15) is 0 Å². The Bertz CT molecular complexity index is 508. The van der Waals surface area contributed by atoms with Crippen LogP contribution in [0.15, 0.2) is 22.8 Å². The van der Waals surface area contributed by atoms with Gasteiger partial charge in [0.1, 0.15) is 5.76 Å². The zero-order valence-corrected chi connectivity index (χ0v) is 11.5. The topological polar surface area (TPSA) is 111 Å². The van der Waals surface area contributed by atoms with Crippen LogP contribution in [0, 0.1) is 0 Å². The monoisotopic (exact) mass is 278 g/mol. The third-order valence-electron chi connectivity index (χ3n) is 2.71. The van der Waals surface area contributed by atoms with E-state index in [1.54, 1.807) is 6.26 Å². The van der Waals surface area contributed by atoms with Gasteiger partial charge in [-0.25, -0.2) is 5.84 Å². The summed E-state index contributed by atoms with van der Waals surface area (Å²) < 4.78 is 10.3. The summed E-state index contributed by atoms with van der Waals surface area (Å²) in [5.41, 5.74) is 2.37. The van der Waals surface area contributed by atoms with Crippen LogP contribution in [0.1, 0.15) is 19.1 Å². The van der Waals surface area contributed by atoms with E-state index in [0.29, 0.717) is 5.95 Å². The first kappa shape index (κ1) is 14.1. The molecular weight excluding hydrogens is 260 g/mol. The highest BCUT2D eigenvalue weighted by Crippen LogP contribution is 2.13. The molecular formula is C12H18N6O2. The number of hydrogen-bond donors (Lipinski definition) is 3. The van der Waals surface area contributed by atoms with Crippen molar-refractivity contribution in [2.24, 2.45) is 5.84 Å². The molecule has 2 rings (SSSR count). The van der Waals surface area contributed by atoms with Crippen molar-refractivity contribution in [3.8, 4) is 6.01 Å². The predicted molar refractivity (Wildman–Crippen MR) is 74.3 cm³/mol. The molecule has 0 aliphatic heterocycles. The van der Waals surface area contributed by atoms with Crippen LogP contribution in [-0.2, 0) is 6.42 Å². The number of ether oxygens (including phenoxy) is 1. The summed E-state index contributed by atoms with van der Waals surface area (Å²) in [4.78, 5) is 12.2. The molecule has 0 bridgehead atoms. The molecule has 4 N–H and O–H groups in total. The van der Waals surface area contributed by atoms with Gasteiger partial charge in [-0.2, -0.15) is 15.0 Å². The van der Waals surface area contributed by atoms with E-state index in [1.165, 1.54) is 7.11 Å². The number of rotatable bonds is 7. The molecule has 8 heteroatoms. The Morgan fingerprint density at radius 3 is 2.80 bits per heavy atom. The number of hydrazine groups is 1. The molecule has 108 valence electrons. The molecule has 0 aliphatic carbocycles. The minimum absolute atomic E-state index is 0.165. The number of aromatic nitrogens is 3. The van der Waals surface area contributed by atoms with Crippen molar-refractivity contribution < 1.29 is 9.15 Å². The summed E-state index contributed by atoms with van der Waals surface area (Å²) in [7, 11) is 1.49. The summed E-state index contributed by atoms with van der Waals surface area (Å²) in [5.74, 6) is 6.91. The predicted octanol–water partition coefficient (Wildman–Crippen LogP) is 1.19. The fraction of sp³-hybridized carbons (Fsp3) is 0.417. The number of anilines is 2. The van der Waals surface area contributed by atoms with Gasteiger partial charge in [-0.3, -0.25) is 5.43 Å². The summed E-state index contributed by atoms with van der Waals surface area (Å²) in [6.45, 7) is 2.04. The number of furan rings is 1. The van der Waals surface area contributed by atoms with Gasteiger partial charge in [0.05, 0.1) is 13.4 Å². The van der Waals surface area contributed by atoms with Crippen LogP contribution in [0.4, 0.5) is 11.9 Å². The van der Waals surface area contributed by atoms with Crippen LogP contribution >= 0.6 is 0 Å². The Morgan fingerprint density at radius 1 is 1.35 bits per heavy atom. The van der Waals surface area contributed by atoms with Gasteiger partial charge in [0.2, 0.25) is 11.9 Å². The van der Waals surface area contributed by atoms with Crippen LogP contribution in [0.3, 0.4) is 0 Å². The van der Waals surface area contributed by atoms with Crippen LogP contribution in [0.5, 0.6) is 6.01 Å². The number of methoxy groups -OCH3 is 1. The van der Waals surface area contributed by atoms with Crippen LogP contribution in [0.25, 0.3) is 0 Å². The van der Waals surface area contributed by atoms with E-state index in [-0.39, 0.29) is 18.0 Å². The van der Waals surface area contributed by atoms with E-state index in [0.717, 1.165) is 18.6 Å². The van der Waals surface area contributed by atoms with Crippen LogP contribution in [0.2, 0.25) is 0 Å². The maximum atomic E-state index is 5.30. The molecule has 0 radical (unpaired) electrons. The van der Waals surface area contributed by atoms with Crippen LogP contribution < -0.4 is 21.3 Å². The van der Waals surface area contributed by atoms with Gasteiger partial charge in [0.15, 0.2) is 0 Å². The van der Waals surface area contributed by atoms with E-state index >= 15 is 0 Å². The molecule has 0 aliphatic rings. The smallest absolute Gasteiger partial charge is 0.322 e. The Labute approximate surface area is 116 Å². The number of nitrogens with zero attached hydrogens (tertiary/aromatic N) is 3. The summed E-state index contributed by atoms with van der Waals surface area (Å²) >= 11 is 0. The van der Waals surface area contributed by atoms with E-state index in [4.69, 9.17) is 15.0 Å². The molecule has 2 heterocycles. The average molecular weight is 278 g/mol. The van der Waals surface area contributed by atoms with Crippen molar-refractivity contribution in [2.75, 3.05) is 17.9 Å². The Morgan fingerprint density at radius 2 is 2.15 bits per heavy atom. The summed E-state index contributed by atoms with van der Waals surface area (Å²) in [6.07, 6.45) is 3.39. The molecule has 1 unspecified atom stereocenters. The second-order valence-electron chi connectivity index (χ2n) is 4.28. The molecule has 0 fully saturated rings. The van der Waals surface area contributed by atoms with Gasteiger partial charge in [-0.05, 0) is 25.5 Å². The van der Waals surface area contributed by atoms with E-state index in [2.05, 4.69) is 25.7 Å². The van der Waals surface area contributed by atoms with Gasteiger partial charge in [-0.1, -0.05) is 0 Å². The number of nitrogens with two attached hydrogens (primary N) is 1. The molecule has 1 atom stereocenters. The SMILES string of the molecule is COc1nc(NN)nc(NC(C)CCc2ccco2)n1. The first-order valence-electron chi connectivity index (χ1n) is 6.27. The van der Waals surface area contributed by atoms with Gasteiger partial charge in [0.25, 0.3) is 0 Å². The van der Waals surface area contributed by atoms with Gasteiger partial charge in [0, 0.05) is 12.5 Å². The highest BCUT2D eigenvalue weighted by Gasteiger charge is 2.09. The Balaban J connectivity index is 1.94. The average Bonchev–Trinajstić information content (AvgIpc) is 2.98. The molecule has 20 heavy (non-hydrogen) atoms. The number of nitrogens with one attached hydrogen (secondary N) is 2. The standard InChI is InChI=1S/C12H18N6O2/c1-8(5-6-9-4-3-7-20-9)14-10-15-11(18-13)17-12(16-10)19-2/h3-4,7-8H,5-6,13H2,1-2H3,(H2,14,15,16,17,18). The fourth-order valence-electron chi connectivity index (χ4n) is 1.68. The molecule has 0 saturated heterocycles. The maximum Gasteiger partial charge on any atom is 0.322 e. The van der Waals surface area contributed by atoms with Gasteiger partial charge in [-0.15, -0.1) is 0 Å². The first-order valence-corrected chi connectivity index (χ1v) is 6.27. The van der Waals surface area contributed by atoms with Crippen molar-refractivity contribution in [3.05, 3.63) is 24.2 Å². The lowest BCUT2D eigenvalue weighted by Crippen LogP contribution is -2.20. The van der Waals surface area contributed by atoms with Crippen molar-refractivity contribution in [1.82, 2.24) is 15.0 Å². The normalized spacial score (nSPS) is 11.9. The van der Waals surface area contributed by atoms with Crippen molar-refractivity contribution in [2.45, 2.75) is 25.8 Å². The van der Waals surface area contributed by atoms with Gasteiger partial charge < -0.3 is 14.5 Å². The fourth-order valence-corrected chi connectivity index (χ4v) is 1.68. The Hall–Kier alpha value is -2.35. The minimum atomic E-state index is 0.165. The molecule has 0 aromatic carbocycles. The van der Waals surface area contributed by atoms with Crippen molar-refractivity contribution in [1.29, 1.82) is 0 Å². The van der Waals surface area contributed by atoms with E-state index in [1.807, 2.05) is 19.1 Å². The molecule has 2 aromatic heterocycles. The second-order valence-corrected chi connectivity index (χ2v) is 4.28. The number of nitrogen functional groups attached to an aromatic ring is 1. The number of aryl methyl sites for hydroxylation is 1. The van der Waals surface area contributed by atoms with Gasteiger partial charge >= 0.3 is 6.01 Å². The molecule has 0 amide bonds. The molecule has 8 nitrogen and oxygen atoms in total. The molecule has 0 saturated carbocycles. The zero-order chi connectivity index (χ0) is 14.4. The molecule has 0 spiro atoms. The quantitative estimate of drug-likeness (QED) is 0.511. The highest BCUT2D eigenvalue weighted by molar-refractivity contribution is 5.35.